The number of nitrogens with one attached hydrogen (secondary N) is 1. The lowest BCUT2D eigenvalue weighted by Crippen LogP contribution is -2.54. The summed E-state index contributed by atoms with van der Waals surface area (Å²) < 4.78 is 0. The van der Waals surface area contributed by atoms with Crippen LogP contribution in [0.15, 0.2) is 0 Å². The molecule has 1 heterocycles. The molecule has 0 aromatic carbocycles. The molecule has 1 rings (SSSR count). The molecule has 14 heavy (non-hydrogen) atoms. The Kier molecular flexibility index (Phi) is 4.43. The summed E-state index contributed by atoms with van der Waals surface area (Å²) in [5.74, 6) is 1.81. The van der Waals surface area contributed by atoms with Gasteiger partial charge in [0.25, 0.3) is 0 Å². The van der Waals surface area contributed by atoms with Crippen LogP contribution >= 0.6 is 0 Å². The van der Waals surface area contributed by atoms with Gasteiger partial charge in [0.05, 0.1) is 0 Å². The minimum atomic E-state index is 0.658. The van der Waals surface area contributed by atoms with Crippen molar-refractivity contribution < 1.29 is 0 Å². The van der Waals surface area contributed by atoms with Gasteiger partial charge in [0, 0.05) is 13.1 Å². The van der Waals surface area contributed by atoms with Crippen LogP contribution in [0.1, 0.15) is 53.4 Å². The van der Waals surface area contributed by atoms with Gasteiger partial charge in [0.1, 0.15) is 0 Å². The third-order valence-electron chi connectivity index (χ3n) is 3.72. The van der Waals surface area contributed by atoms with Crippen molar-refractivity contribution in [1.29, 1.82) is 0 Å². The molecule has 1 aliphatic heterocycles. The molecule has 1 saturated heterocycles. The summed E-state index contributed by atoms with van der Waals surface area (Å²) in [6, 6.07) is 0. The minimum absolute atomic E-state index is 0.658. The van der Waals surface area contributed by atoms with Crippen molar-refractivity contribution in [3.63, 3.8) is 0 Å². The van der Waals surface area contributed by atoms with Crippen LogP contribution in [0.5, 0.6) is 0 Å². The van der Waals surface area contributed by atoms with Crippen molar-refractivity contribution in [3.05, 3.63) is 0 Å². The van der Waals surface area contributed by atoms with Gasteiger partial charge in [0.15, 0.2) is 0 Å². The average molecular weight is 197 g/mol. The smallest absolute Gasteiger partial charge is 0.00204 e. The predicted molar refractivity (Wildman–Crippen MR) is 63.4 cm³/mol. The molecule has 0 atom stereocenters. The van der Waals surface area contributed by atoms with E-state index in [4.69, 9.17) is 0 Å². The summed E-state index contributed by atoms with van der Waals surface area (Å²) in [4.78, 5) is 0. The first kappa shape index (κ1) is 12.0. The van der Waals surface area contributed by atoms with Gasteiger partial charge in [-0.2, -0.15) is 0 Å². The highest BCUT2D eigenvalue weighted by Gasteiger charge is 2.38. The van der Waals surface area contributed by atoms with Gasteiger partial charge in [-0.05, 0) is 30.1 Å². The molecule has 1 nitrogen and oxygen atoms in total. The topological polar surface area (TPSA) is 12.0 Å². The highest BCUT2D eigenvalue weighted by molar-refractivity contribution is 4.93. The van der Waals surface area contributed by atoms with E-state index in [1.165, 1.54) is 38.8 Å². The molecule has 0 aromatic heterocycles. The third-order valence-corrected chi connectivity index (χ3v) is 3.72. The Labute approximate surface area is 89.7 Å². The number of rotatable bonds is 6. The Morgan fingerprint density at radius 2 is 1.64 bits per heavy atom. The van der Waals surface area contributed by atoms with Gasteiger partial charge in [-0.25, -0.2) is 0 Å². The lowest BCUT2D eigenvalue weighted by molar-refractivity contribution is 0.0910. The highest BCUT2D eigenvalue weighted by Crippen LogP contribution is 2.38. The molecule has 1 aliphatic rings. The molecule has 1 fully saturated rings. The van der Waals surface area contributed by atoms with E-state index in [-0.39, 0.29) is 0 Å². The van der Waals surface area contributed by atoms with Crippen molar-refractivity contribution in [2.24, 2.45) is 17.3 Å². The monoisotopic (exact) mass is 197 g/mol. The fourth-order valence-electron chi connectivity index (χ4n) is 2.91. The van der Waals surface area contributed by atoms with Crippen LogP contribution < -0.4 is 5.32 Å². The largest absolute Gasteiger partial charge is 0.316 e. The van der Waals surface area contributed by atoms with E-state index >= 15 is 0 Å². The third kappa shape index (κ3) is 2.98. The van der Waals surface area contributed by atoms with Crippen LogP contribution in [0, 0.1) is 17.3 Å². The van der Waals surface area contributed by atoms with Gasteiger partial charge >= 0.3 is 0 Å². The predicted octanol–water partition coefficient (Wildman–Crippen LogP) is 3.45. The Bertz CT molecular complexity index is 155. The first-order valence-electron chi connectivity index (χ1n) is 6.32. The molecule has 0 aromatic rings. The molecule has 1 N–H and O–H groups in total. The van der Waals surface area contributed by atoms with Gasteiger partial charge in [-0.3, -0.25) is 0 Å². The molecular formula is C13H27N. The minimum Gasteiger partial charge on any atom is -0.316 e. The Morgan fingerprint density at radius 1 is 1.07 bits per heavy atom. The summed E-state index contributed by atoms with van der Waals surface area (Å²) in [5, 5.41) is 3.46. The summed E-state index contributed by atoms with van der Waals surface area (Å²) in [6.45, 7) is 11.9. The quantitative estimate of drug-likeness (QED) is 0.687. The maximum absolute atomic E-state index is 3.46. The molecule has 0 spiro atoms. The fourth-order valence-corrected chi connectivity index (χ4v) is 2.91. The molecule has 1 heteroatoms. The highest BCUT2D eigenvalue weighted by atomic mass is 15.0. The second-order valence-electron chi connectivity index (χ2n) is 5.59. The Morgan fingerprint density at radius 3 is 1.93 bits per heavy atom. The molecule has 0 saturated carbocycles. The van der Waals surface area contributed by atoms with E-state index in [1.807, 2.05) is 0 Å². The van der Waals surface area contributed by atoms with Crippen molar-refractivity contribution in [1.82, 2.24) is 5.32 Å². The zero-order valence-corrected chi connectivity index (χ0v) is 10.4. The van der Waals surface area contributed by atoms with Crippen LogP contribution in [0.25, 0.3) is 0 Å². The van der Waals surface area contributed by atoms with E-state index in [1.54, 1.807) is 0 Å². The maximum Gasteiger partial charge on any atom is 0.00204 e. The average Bonchev–Trinajstić information content (AvgIpc) is 2.09. The summed E-state index contributed by atoms with van der Waals surface area (Å²) in [7, 11) is 0. The normalized spacial score (nSPS) is 20.1. The summed E-state index contributed by atoms with van der Waals surface area (Å²) in [5.41, 5.74) is 0.658. The van der Waals surface area contributed by atoms with E-state index in [2.05, 4.69) is 33.0 Å². The van der Waals surface area contributed by atoms with Crippen LogP contribution in [0.3, 0.4) is 0 Å². The van der Waals surface area contributed by atoms with Crippen LogP contribution in [-0.2, 0) is 0 Å². The maximum atomic E-state index is 3.46. The first-order valence-corrected chi connectivity index (χ1v) is 6.32. The molecule has 0 bridgehead atoms. The zero-order chi connectivity index (χ0) is 10.6. The van der Waals surface area contributed by atoms with Crippen molar-refractivity contribution in [2.45, 2.75) is 53.4 Å². The second kappa shape index (κ2) is 5.16. The van der Waals surface area contributed by atoms with Crippen molar-refractivity contribution >= 4 is 0 Å². The molecule has 0 aliphatic carbocycles. The standard InChI is InChI=1S/C13H27N/c1-5-12(6-2)8-13(7-11(3)4)9-14-10-13/h11-12,14H,5-10H2,1-4H3. The molecule has 0 unspecified atom stereocenters. The lowest BCUT2D eigenvalue weighted by Gasteiger charge is -2.46. The number of hydrogen-bond acceptors (Lipinski definition) is 1. The van der Waals surface area contributed by atoms with Gasteiger partial charge in [0.2, 0.25) is 0 Å². The summed E-state index contributed by atoms with van der Waals surface area (Å²) >= 11 is 0. The van der Waals surface area contributed by atoms with Crippen molar-refractivity contribution in [3.8, 4) is 0 Å². The van der Waals surface area contributed by atoms with E-state index in [0.717, 1.165) is 11.8 Å². The van der Waals surface area contributed by atoms with Gasteiger partial charge in [-0.15, -0.1) is 0 Å². The van der Waals surface area contributed by atoms with E-state index < -0.39 is 0 Å². The Hall–Kier alpha value is -0.0400. The van der Waals surface area contributed by atoms with Gasteiger partial charge in [-0.1, -0.05) is 40.5 Å². The lowest BCUT2D eigenvalue weighted by atomic mass is 9.68. The zero-order valence-electron chi connectivity index (χ0n) is 10.4. The van der Waals surface area contributed by atoms with Gasteiger partial charge < -0.3 is 5.32 Å². The summed E-state index contributed by atoms with van der Waals surface area (Å²) in [6.07, 6.45) is 5.58. The van der Waals surface area contributed by atoms with Crippen LogP contribution in [0.4, 0.5) is 0 Å². The number of hydrogen-bond donors (Lipinski definition) is 1. The van der Waals surface area contributed by atoms with Crippen LogP contribution in [-0.4, -0.2) is 13.1 Å². The van der Waals surface area contributed by atoms with E-state index in [9.17, 15) is 0 Å². The van der Waals surface area contributed by atoms with Crippen molar-refractivity contribution in [2.75, 3.05) is 13.1 Å². The fraction of sp³-hybridized carbons (Fsp3) is 1.00. The molecular weight excluding hydrogens is 170 g/mol. The Balaban J connectivity index is 2.44. The van der Waals surface area contributed by atoms with E-state index in [0.29, 0.717) is 5.41 Å². The molecule has 0 radical (unpaired) electrons. The molecule has 0 amide bonds. The molecule has 84 valence electrons. The second-order valence-corrected chi connectivity index (χ2v) is 5.59. The SMILES string of the molecule is CCC(CC)CC1(CC(C)C)CNC1. The first-order chi connectivity index (χ1) is 6.62. The van der Waals surface area contributed by atoms with Crippen LogP contribution in [0.2, 0.25) is 0 Å².